The third kappa shape index (κ3) is 3.64. The van der Waals surface area contributed by atoms with E-state index in [0.717, 1.165) is 32.5 Å². The minimum Gasteiger partial charge on any atom is -0.232 e. The number of hydrogen-bond donors (Lipinski definition) is 1. The summed E-state index contributed by atoms with van der Waals surface area (Å²) in [4.78, 5) is 0.0761. The molecule has 28 heavy (non-hydrogen) atoms. The minimum atomic E-state index is -3.75. The van der Waals surface area contributed by atoms with Crippen LogP contribution in [0, 0.1) is 0 Å². The van der Waals surface area contributed by atoms with Crippen LogP contribution in [0.25, 0.3) is 28.1 Å². The number of aromatic nitrogens is 2. The highest BCUT2D eigenvalue weighted by Gasteiger charge is 2.17. The third-order valence-electron chi connectivity index (χ3n) is 4.38. The molecule has 3 aromatic carbocycles. The van der Waals surface area contributed by atoms with Crippen LogP contribution >= 0.6 is 15.9 Å². The second-order valence-corrected chi connectivity index (χ2v) is 8.71. The number of rotatable bonds is 4. The fourth-order valence-electron chi connectivity index (χ4n) is 3.03. The number of nitrogens with zero attached hydrogens (tertiary/aromatic N) is 2. The maximum absolute atomic E-state index is 11.6. The zero-order chi connectivity index (χ0) is 19.7. The van der Waals surface area contributed by atoms with Crippen LogP contribution < -0.4 is 5.14 Å². The number of nitrogens with two attached hydrogens (primary N) is 1. The topological polar surface area (TPSA) is 78.0 Å². The van der Waals surface area contributed by atoms with Crippen molar-refractivity contribution in [1.29, 1.82) is 0 Å². The lowest BCUT2D eigenvalue weighted by molar-refractivity contribution is 0.598. The highest BCUT2D eigenvalue weighted by molar-refractivity contribution is 9.10. The van der Waals surface area contributed by atoms with Gasteiger partial charge in [0, 0.05) is 15.6 Å². The van der Waals surface area contributed by atoms with E-state index in [1.54, 1.807) is 12.1 Å². The fourth-order valence-corrected chi connectivity index (χ4v) is 3.81. The Morgan fingerprint density at radius 2 is 1.43 bits per heavy atom. The monoisotopic (exact) mass is 453 g/mol. The highest BCUT2D eigenvalue weighted by Crippen LogP contribution is 2.34. The molecule has 7 heteroatoms. The summed E-state index contributed by atoms with van der Waals surface area (Å²) in [5.41, 5.74) is 4.58. The molecule has 0 saturated heterocycles. The standard InChI is InChI=1S/C21H16BrN3O2S/c22-17-10-6-15(7-11-17)20-14-24-25(18-4-2-1-3-5-18)21(20)16-8-12-19(13-9-16)28(23,26)27/h1-14H,(H2,23,26,27). The summed E-state index contributed by atoms with van der Waals surface area (Å²) in [5, 5.41) is 9.83. The molecule has 4 aromatic rings. The van der Waals surface area contributed by atoms with E-state index in [2.05, 4.69) is 21.0 Å². The quantitative estimate of drug-likeness (QED) is 0.489. The molecule has 1 aromatic heterocycles. The van der Waals surface area contributed by atoms with E-state index in [0.29, 0.717) is 0 Å². The number of sulfonamides is 1. The SMILES string of the molecule is NS(=O)(=O)c1ccc(-c2c(-c3ccc(Br)cc3)cnn2-c2ccccc2)cc1. The van der Waals surface area contributed by atoms with Crippen LogP contribution in [0.5, 0.6) is 0 Å². The molecule has 0 spiro atoms. The fraction of sp³-hybridized carbons (Fsp3) is 0. The van der Waals surface area contributed by atoms with Gasteiger partial charge in [-0.15, -0.1) is 0 Å². The molecular formula is C21H16BrN3O2S. The second-order valence-electron chi connectivity index (χ2n) is 6.23. The maximum atomic E-state index is 11.6. The Labute approximate surface area is 171 Å². The van der Waals surface area contributed by atoms with Gasteiger partial charge in [-0.3, -0.25) is 0 Å². The molecule has 1 heterocycles. The van der Waals surface area contributed by atoms with E-state index in [1.807, 2.05) is 65.5 Å². The summed E-state index contributed by atoms with van der Waals surface area (Å²) in [6.07, 6.45) is 1.82. The Morgan fingerprint density at radius 1 is 0.821 bits per heavy atom. The molecule has 0 unspecified atom stereocenters. The van der Waals surface area contributed by atoms with Crippen molar-refractivity contribution >= 4 is 26.0 Å². The summed E-state index contributed by atoms with van der Waals surface area (Å²) in [6, 6.07) is 24.3. The van der Waals surface area contributed by atoms with Crippen LogP contribution in [0.1, 0.15) is 0 Å². The van der Waals surface area contributed by atoms with Gasteiger partial charge in [0.1, 0.15) is 0 Å². The third-order valence-corrected chi connectivity index (χ3v) is 5.84. The van der Waals surface area contributed by atoms with Crippen molar-refractivity contribution in [1.82, 2.24) is 9.78 Å². The van der Waals surface area contributed by atoms with Crippen LogP contribution in [-0.2, 0) is 10.0 Å². The number of primary sulfonamides is 1. The maximum Gasteiger partial charge on any atom is 0.238 e. The van der Waals surface area contributed by atoms with E-state index in [4.69, 9.17) is 5.14 Å². The van der Waals surface area contributed by atoms with Gasteiger partial charge in [-0.05, 0) is 42.0 Å². The summed E-state index contributed by atoms with van der Waals surface area (Å²) in [7, 11) is -3.75. The lowest BCUT2D eigenvalue weighted by Crippen LogP contribution is -2.11. The number of halogens is 1. The van der Waals surface area contributed by atoms with E-state index in [1.165, 1.54) is 12.1 Å². The van der Waals surface area contributed by atoms with Gasteiger partial charge in [-0.25, -0.2) is 18.2 Å². The van der Waals surface area contributed by atoms with E-state index >= 15 is 0 Å². The normalized spacial score (nSPS) is 11.5. The Hall–Kier alpha value is -2.74. The van der Waals surface area contributed by atoms with Gasteiger partial charge in [0.2, 0.25) is 10.0 Å². The number of hydrogen-bond acceptors (Lipinski definition) is 3. The lowest BCUT2D eigenvalue weighted by atomic mass is 10.0. The first-order valence-corrected chi connectivity index (χ1v) is 10.8. The van der Waals surface area contributed by atoms with Gasteiger partial charge in [0.05, 0.1) is 22.5 Å². The van der Waals surface area contributed by atoms with Crippen LogP contribution in [0.15, 0.2) is 94.4 Å². The molecule has 4 rings (SSSR count). The smallest absolute Gasteiger partial charge is 0.232 e. The number of benzene rings is 3. The van der Waals surface area contributed by atoms with Gasteiger partial charge in [0.25, 0.3) is 0 Å². The molecule has 0 radical (unpaired) electrons. The molecular weight excluding hydrogens is 438 g/mol. The van der Waals surface area contributed by atoms with Crippen molar-refractivity contribution in [3.8, 4) is 28.1 Å². The van der Waals surface area contributed by atoms with Crippen molar-refractivity contribution in [2.24, 2.45) is 5.14 Å². The highest BCUT2D eigenvalue weighted by atomic mass is 79.9. The van der Waals surface area contributed by atoms with Gasteiger partial charge >= 0.3 is 0 Å². The predicted molar refractivity (Wildman–Crippen MR) is 114 cm³/mol. The molecule has 140 valence electrons. The summed E-state index contributed by atoms with van der Waals surface area (Å²) < 4.78 is 26.0. The molecule has 0 bridgehead atoms. The summed E-state index contributed by atoms with van der Waals surface area (Å²) in [6.45, 7) is 0. The summed E-state index contributed by atoms with van der Waals surface area (Å²) in [5.74, 6) is 0. The predicted octanol–water partition coefficient (Wildman–Crippen LogP) is 4.62. The minimum absolute atomic E-state index is 0.0761. The largest absolute Gasteiger partial charge is 0.238 e. The molecule has 0 aliphatic rings. The first kappa shape index (κ1) is 18.6. The average molecular weight is 454 g/mol. The van der Waals surface area contributed by atoms with Crippen molar-refractivity contribution in [2.75, 3.05) is 0 Å². The van der Waals surface area contributed by atoms with Crippen molar-refractivity contribution in [3.05, 3.63) is 89.5 Å². The first-order valence-electron chi connectivity index (χ1n) is 8.46. The molecule has 0 saturated carbocycles. The Kier molecular flexibility index (Phi) is 4.89. The van der Waals surface area contributed by atoms with E-state index < -0.39 is 10.0 Å². The Balaban J connectivity index is 1.92. The van der Waals surface area contributed by atoms with Gasteiger partial charge < -0.3 is 0 Å². The van der Waals surface area contributed by atoms with Crippen molar-refractivity contribution < 1.29 is 8.42 Å². The van der Waals surface area contributed by atoms with Crippen LogP contribution in [0.4, 0.5) is 0 Å². The van der Waals surface area contributed by atoms with E-state index in [9.17, 15) is 8.42 Å². The Morgan fingerprint density at radius 3 is 2.04 bits per heavy atom. The van der Waals surface area contributed by atoms with Crippen molar-refractivity contribution in [3.63, 3.8) is 0 Å². The summed E-state index contributed by atoms with van der Waals surface area (Å²) >= 11 is 3.46. The van der Waals surface area contributed by atoms with Gasteiger partial charge in [0.15, 0.2) is 0 Å². The van der Waals surface area contributed by atoms with Crippen molar-refractivity contribution in [2.45, 2.75) is 4.90 Å². The van der Waals surface area contributed by atoms with Crippen LogP contribution in [0.3, 0.4) is 0 Å². The molecule has 0 aliphatic carbocycles. The van der Waals surface area contributed by atoms with Crippen LogP contribution in [-0.4, -0.2) is 18.2 Å². The average Bonchev–Trinajstić information content (AvgIpc) is 3.14. The molecule has 0 atom stereocenters. The van der Waals surface area contributed by atoms with Gasteiger partial charge in [-0.1, -0.05) is 58.4 Å². The molecule has 5 nitrogen and oxygen atoms in total. The molecule has 0 fully saturated rings. The lowest BCUT2D eigenvalue weighted by Gasteiger charge is -2.11. The Bertz CT molecular complexity index is 1220. The first-order chi connectivity index (χ1) is 13.4. The molecule has 0 aliphatic heterocycles. The zero-order valence-electron chi connectivity index (χ0n) is 14.7. The van der Waals surface area contributed by atoms with E-state index in [-0.39, 0.29) is 4.90 Å². The molecule has 2 N–H and O–H groups in total. The number of para-hydroxylation sites is 1. The zero-order valence-corrected chi connectivity index (χ0v) is 17.1. The second kappa shape index (κ2) is 7.35. The van der Waals surface area contributed by atoms with Crippen LogP contribution in [0.2, 0.25) is 0 Å². The molecule has 0 amide bonds. The van der Waals surface area contributed by atoms with Gasteiger partial charge in [-0.2, -0.15) is 5.10 Å².